The van der Waals surface area contributed by atoms with Gasteiger partial charge in [0.2, 0.25) is 0 Å². The molecule has 2 N–H and O–H groups in total. The van der Waals surface area contributed by atoms with Crippen molar-refractivity contribution in [2.24, 2.45) is 0 Å². The molecule has 6 heteroatoms. The molecule has 2 aliphatic heterocycles. The quantitative estimate of drug-likeness (QED) is 0.678. The maximum absolute atomic E-state index is 11.7. The van der Waals surface area contributed by atoms with Crippen molar-refractivity contribution in [1.29, 1.82) is 0 Å². The highest BCUT2D eigenvalue weighted by Crippen LogP contribution is 2.31. The number of rotatable bonds is 0. The van der Waals surface area contributed by atoms with E-state index < -0.39 is 5.60 Å². The highest BCUT2D eigenvalue weighted by Gasteiger charge is 2.50. The molecule has 2 heterocycles. The minimum Gasteiger partial charge on any atom is -0.444 e. The van der Waals surface area contributed by atoms with Gasteiger partial charge in [-0.2, -0.15) is 0 Å². The average molecular weight is 265 g/mol. The van der Waals surface area contributed by atoms with Crippen LogP contribution >= 0.6 is 12.4 Å². The highest BCUT2D eigenvalue weighted by atomic mass is 35.5. The Morgan fingerprint density at radius 3 is 2.47 bits per heavy atom. The summed E-state index contributed by atoms with van der Waals surface area (Å²) in [6.07, 6.45) is 0.189. The second kappa shape index (κ2) is 4.63. The summed E-state index contributed by atoms with van der Waals surface area (Å²) in [5, 5.41) is 12.7. The third-order valence-corrected chi connectivity index (χ3v) is 2.98. The zero-order chi connectivity index (χ0) is 12.0. The number of amides is 1. The Hall–Kier alpha value is -0.520. The Morgan fingerprint density at radius 2 is 2.06 bits per heavy atom. The Labute approximate surface area is 108 Å². The number of β-amino-alcohol motifs (C(OH)–C–C–N with tert-alkyl or cyclic N) is 1. The number of aliphatic hydroxyl groups excluding tert-OH is 1. The molecule has 1 amide bonds. The molecule has 0 aliphatic carbocycles. The summed E-state index contributed by atoms with van der Waals surface area (Å²) in [6, 6.07) is 0. The van der Waals surface area contributed by atoms with E-state index in [1.165, 1.54) is 0 Å². The predicted octanol–water partition coefficient (Wildman–Crippen LogP) is 0.752. The van der Waals surface area contributed by atoms with Crippen molar-refractivity contribution < 1.29 is 14.6 Å². The molecular weight excluding hydrogens is 244 g/mol. The molecule has 2 aliphatic rings. The number of ether oxygens (including phenoxy) is 1. The molecule has 0 aromatic rings. The SMILES string of the molecule is CC(C)(C)OC(=O)N1CC2(CC(O)CN2)C1.Cl. The number of halogens is 1. The van der Waals surface area contributed by atoms with Crippen molar-refractivity contribution in [3.63, 3.8) is 0 Å². The van der Waals surface area contributed by atoms with Crippen molar-refractivity contribution in [2.45, 2.75) is 44.4 Å². The number of carbonyl (C=O) groups excluding carboxylic acids is 1. The van der Waals surface area contributed by atoms with Gasteiger partial charge in [-0.25, -0.2) is 4.79 Å². The number of hydrogen-bond donors (Lipinski definition) is 2. The standard InChI is InChI=1S/C11H20N2O3.ClH/c1-10(2,3)16-9(15)13-6-11(7-13)4-8(14)5-12-11;/h8,12,14H,4-7H2,1-3H3;1H. The summed E-state index contributed by atoms with van der Waals surface area (Å²) in [5.41, 5.74) is -0.501. The van der Waals surface area contributed by atoms with E-state index in [1.807, 2.05) is 20.8 Å². The molecule has 1 atom stereocenters. The van der Waals surface area contributed by atoms with Crippen LogP contribution in [-0.2, 0) is 4.74 Å². The summed E-state index contributed by atoms with van der Waals surface area (Å²) >= 11 is 0. The van der Waals surface area contributed by atoms with Crippen molar-refractivity contribution in [2.75, 3.05) is 19.6 Å². The molecule has 5 nitrogen and oxygen atoms in total. The number of nitrogens with zero attached hydrogens (tertiary/aromatic N) is 1. The molecule has 2 saturated heterocycles. The van der Waals surface area contributed by atoms with Crippen LogP contribution in [0, 0.1) is 0 Å². The maximum atomic E-state index is 11.7. The Kier molecular flexibility index (Phi) is 3.96. The molecule has 0 aromatic heterocycles. The van der Waals surface area contributed by atoms with Gasteiger partial charge in [0, 0.05) is 19.6 Å². The first-order valence-corrected chi connectivity index (χ1v) is 5.71. The fourth-order valence-corrected chi connectivity index (χ4v) is 2.31. The largest absolute Gasteiger partial charge is 0.444 e. The first-order chi connectivity index (χ1) is 7.30. The van der Waals surface area contributed by atoms with E-state index in [9.17, 15) is 9.90 Å². The van der Waals surface area contributed by atoms with Crippen LogP contribution < -0.4 is 5.32 Å². The van der Waals surface area contributed by atoms with Crippen LogP contribution in [-0.4, -0.2) is 53.0 Å². The number of hydrogen-bond acceptors (Lipinski definition) is 4. The van der Waals surface area contributed by atoms with Crippen LogP contribution in [0.4, 0.5) is 4.79 Å². The molecule has 1 unspecified atom stereocenters. The van der Waals surface area contributed by atoms with Gasteiger partial charge in [-0.3, -0.25) is 0 Å². The molecular formula is C11H21ClN2O3. The van der Waals surface area contributed by atoms with E-state index in [-0.39, 0.29) is 30.1 Å². The first kappa shape index (κ1) is 14.5. The fraction of sp³-hybridized carbons (Fsp3) is 0.909. The van der Waals surface area contributed by atoms with Crippen LogP contribution in [0.5, 0.6) is 0 Å². The van der Waals surface area contributed by atoms with Crippen LogP contribution in [0.2, 0.25) is 0 Å². The monoisotopic (exact) mass is 264 g/mol. The summed E-state index contributed by atoms with van der Waals surface area (Å²) in [4.78, 5) is 13.4. The van der Waals surface area contributed by atoms with Crippen LogP contribution in [0.3, 0.4) is 0 Å². The summed E-state index contributed by atoms with van der Waals surface area (Å²) < 4.78 is 5.27. The molecule has 2 fully saturated rings. The number of aliphatic hydroxyl groups is 1. The second-order valence-electron chi connectivity index (χ2n) is 5.86. The molecule has 2 rings (SSSR count). The van der Waals surface area contributed by atoms with Gasteiger partial charge >= 0.3 is 6.09 Å². The van der Waals surface area contributed by atoms with Gasteiger partial charge < -0.3 is 20.1 Å². The minimum atomic E-state index is -0.442. The van der Waals surface area contributed by atoms with Gasteiger partial charge in [-0.15, -0.1) is 12.4 Å². The van der Waals surface area contributed by atoms with E-state index in [1.54, 1.807) is 4.90 Å². The van der Waals surface area contributed by atoms with Crippen LogP contribution in [0.1, 0.15) is 27.2 Å². The first-order valence-electron chi connectivity index (χ1n) is 5.71. The van der Waals surface area contributed by atoms with Crippen LogP contribution in [0.25, 0.3) is 0 Å². The van der Waals surface area contributed by atoms with Crippen molar-refractivity contribution in [1.82, 2.24) is 10.2 Å². The van der Waals surface area contributed by atoms with Crippen molar-refractivity contribution in [3.05, 3.63) is 0 Å². The zero-order valence-electron chi connectivity index (χ0n) is 10.5. The zero-order valence-corrected chi connectivity index (χ0v) is 11.3. The van der Waals surface area contributed by atoms with E-state index in [0.717, 1.165) is 6.42 Å². The minimum absolute atomic E-state index is 0. The molecule has 100 valence electrons. The van der Waals surface area contributed by atoms with Crippen molar-refractivity contribution >= 4 is 18.5 Å². The molecule has 17 heavy (non-hydrogen) atoms. The number of likely N-dealkylation sites (tertiary alicyclic amines) is 1. The second-order valence-corrected chi connectivity index (χ2v) is 5.86. The summed E-state index contributed by atoms with van der Waals surface area (Å²) in [6.45, 7) is 7.48. The summed E-state index contributed by atoms with van der Waals surface area (Å²) in [5.74, 6) is 0. The van der Waals surface area contributed by atoms with Crippen molar-refractivity contribution in [3.8, 4) is 0 Å². The van der Waals surface area contributed by atoms with E-state index in [4.69, 9.17) is 4.74 Å². The van der Waals surface area contributed by atoms with E-state index >= 15 is 0 Å². The van der Waals surface area contributed by atoms with Gasteiger partial charge in [0.05, 0.1) is 11.6 Å². The average Bonchev–Trinajstić information content (AvgIpc) is 2.41. The Balaban J connectivity index is 0.00000144. The van der Waals surface area contributed by atoms with Gasteiger partial charge in [-0.1, -0.05) is 0 Å². The smallest absolute Gasteiger partial charge is 0.410 e. The molecule has 0 bridgehead atoms. The van der Waals surface area contributed by atoms with Gasteiger partial charge in [-0.05, 0) is 27.2 Å². The third kappa shape index (κ3) is 3.24. The topological polar surface area (TPSA) is 61.8 Å². The molecule has 0 radical (unpaired) electrons. The van der Waals surface area contributed by atoms with Gasteiger partial charge in [0.1, 0.15) is 5.60 Å². The molecule has 1 spiro atoms. The van der Waals surface area contributed by atoms with Gasteiger partial charge in [0.15, 0.2) is 0 Å². The Morgan fingerprint density at radius 1 is 1.47 bits per heavy atom. The number of nitrogens with one attached hydrogen (secondary N) is 1. The highest BCUT2D eigenvalue weighted by molar-refractivity contribution is 5.85. The number of carbonyl (C=O) groups is 1. The van der Waals surface area contributed by atoms with E-state index in [2.05, 4.69) is 5.32 Å². The Bertz CT molecular complexity index is 298. The van der Waals surface area contributed by atoms with Crippen LogP contribution in [0.15, 0.2) is 0 Å². The molecule has 0 aromatic carbocycles. The maximum Gasteiger partial charge on any atom is 0.410 e. The third-order valence-electron chi connectivity index (χ3n) is 2.98. The molecule has 0 saturated carbocycles. The lowest BCUT2D eigenvalue weighted by Crippen LogP contribution is -2.68. The van der Waals surface area contributed by atoms with Gasteiger partial charge in [0.25, 0.3) is 0 Å². The fourth-order valence-electron chi connectivity index (χ4n) is 2.31. The lowest BCUT2D eigenvalue weighted by Gasteiger charge is -2.47. The lowest BCUT2D eigenvalue weighted by molar-refractivity contribution is -0.0144. The predicted molar refractivity (Wildman–Crippen MR) is 66.4 cm³/mol. The summed E-state index contributed by atoms with van der Waals surface area (Å²) in [7, 11) is 0. The van der Waals surface area contributed by atoms with E-state index in [0.29, 0.717) is 19.6 Å². The lowest BCUT2D eigenvalue weighted by atomic mass is 9.88. The normalized spacial score (nSPS) is 26.4.